The number of nitrogens with zero attached hydrogens (tertiary/aromatic N) is 3. The van der Waals surface area contributed by atoms with Gasteiger partial charge in [-0.1, -0.05) is 0 Å². The molecule has 7 nitrogen and oxygen atoms in total. The number of imidazole rings is 1. The molecule has 0 saturated carbocycles. The number of rotatable bonds is 4. The fourth-order valence-electron chi connectivity index (χ4n) is 4.31. The standard InChI is InChI=1S/C22H20F4N4O3/c23-16-9-27-20-18(28-19(29-20)14-10-32-11-14)17(16)12-5-7-30(8-6-12)21(31)13-1-3-15(4-2-13)33-22(24,25)26/h1-4,9,12,14H,5-8,10-11H2,(H,27,28,29). The van der Waals surface area contributed by atoms with Crippen LogP contribution in [0.2, 0.25) is 0 Å². The highest BCUT2D eigenvalue weighted by Crippen LogP contribution is 2.35. The Morgan fingerprint density at radius 2 is 1.82 bits per heavy atom. The zero-order valence-corrected chi connectivity index (χ0v) is 17.4. The van der Waals surface area contributed by atoms with Gasteiger partial charge in [-0.05, 0) is 43.0 Å². The number of aromatic amines is 1. The average molecular weight is 464 g/mol. The number of carbonyl (C=O) groups is 1. The third kappa shape index (κ3) is 4.37. The number of pyridine rings is 1. The maximum absolute atomic E-state index is 14.8. The molecular weight excluding hydrogens is 444 g/mol. The Morgan fingerprint density at radius 3 is 2.42 bits per heavy atom. The highest BCUT2D eigenvalue weighted by molar-refractivity contribution is 5.94. The average Bonchev–Trinajstić information content (AvgIpc) is 3.15. The van der Waals surface area contributed by atoms with Crippen LogP contribution < -0.4 is 4.74 Å². The molecule has 2 aromatic heterocycles. The minimum Gasteiger partial charge on any atom is -0.406 e. The maximum Gasteiger partial charge on any atom is 0.573 e. The molecule has 1 amide bonds. The quantitative estimate of drug-likeness (QED) is 0.588. The van der Waals surface area contributed by atoms with E-state index in [0.29, 0.717) is 55.9 Å². The monoisotopic (exact) mass is 464 g/mol. The normalized spacial score (nSPS) is 17.9. The number of benzene rings is 1. The molecule has 33 heavy (non-hydrogen) atoms. The fraction of sp³-hybridized carbons (Fsp3) is 0.409. The lowest BCUT2D eigenvalue weighted by Crippen LogP contribution is -2.38. The van der Waals surface area contributed by atoms with Crippen molar-refractivity contribution in [1.82, 2.24) is 19.9 Å². The lowest BCUT2D eigenvalue weighted by atomic mass is 9.88. The van der Waals surface area contributed by atoms with Gasteiger partial charge >= 0.3 is 6.36 Å². The molecule has 0 atom stereocenters. The highest BCUT2D eigenvalue weighted by atomic mass is 19.4. The number of carbonyl (C=O) groups excluding carboxylic acids is 1. The number of aromatic nitrogens is 3. The summed E-state index contributed by atoms with van der Waals surface area (Å²) >= 11 is 0. The third-order valence-corrected chi connectivity index (χ3v) is 6.08. The number of hydrogen-bond donors (Lipinski definition) is 1. The van der Waals surface area contributed by atoms with Gasteiger partial charge in [0, 0.05) is 24.2 Å². The van der Waals surface area contributed by atoms with Crippen LogP contribution in [0.3, 0.4) is 0 Å². The number of halogens is 4. The zero-order valence-electron chi connectivity index (χ0n) is 17.4. The van der Waals surface area contributed by atoms with Gasteiger partial charge < -0.3 is 19.4 Å². The number of likely N-dealkylation sites (tertiary alicyclic amines) is 1. The number of fused-ring (bicyclic) bond motifs is 1. The van der Waals surface area contributed by atoms with Crippen molar-refractivity contribution in [1.29, 1.82) is 0 Å². The SMILES string of the molecule is O=C(c1ccc(OC(F)(F)F)cc1)N1CCC(c2c(F)cnc3nc(C4COC4)[nH]c23)CC1. The summed E-state index contributed by atoms with van der Waals surface area (Å²) < 4.78 is 60.8. The first-order valence-corrected chi connectivity index (χ1v) is 10.6. The summed E-state index contributed by atoms with van der Waals surface area (Å²) in [5, 5.41) is 0. The van der Waals surface area contributed by atoms with Crippen LogP contribution in [0.1, 0.15) is 46.4 Å². The maximum atomic E-state index is 14.8. The summed E-state index contributed by atoms with van der Waals surface area (Å²) in [6.45, 7) is 1.93. The van der Waals surface area contributed by atoms with Crippen LogP contribution in [0.25, 0.3) is 11.2 Å². The summed E-state index contributed by atoms with van der Waals surface area (Å²) in [5.41, 5.74) is 1.84. The van der Waals surface area contributed by atoms with Crippen LogP contribution in [0.5, 0.6) is 5.75 Å². The molecule has 0 unspecified atom stereocenters. The molecule has 2 saturated heterocycles. The molecule has 2 fully saturated rings. The van der Waals surface area contributed by atoms with Crippen molar-refractivity contribution < 1.29 is 31.8 Å². The summed E-state index contributed by atoms with van der Waals surface area (Å²) in [5.74, 6) is -0.312. The fourth-order valence-corrected chi connectivity index (χ4v) is 4.31. The second kappa shape index (κ2) is 8.29. The van der Waals surface area contributed by atoms with Crippen molar-refractivity contribution in [2.24, 2.45) is 0 Å². The molecule has 0 aliphatic carbocycles. The second-order valence-corrected chi connectivity index (χ2v) is 8.21. The van der Waals surface area contributed by atoms with Gasteiger partial charge in [-0.25, -0.2) is 14.4 Å². The Morgan fingerprint density at radius 1 is 1.12 bits per heavy atom. The zero-order chi connectivity index (χ0) is 23.2. The van der Waals surface area contributed by atoms with Gasteiger partial charge in [0.2, 0.25) is 0 Å². The van der Waals surface area contributed by atoms with Crippen LogP contribution >= 0.6 is 0 Å². The first-order chi connectivity index (χ1) is 15.8. The van der Waals surface area contributed by atoms with Crippen molar-refractivity contribution >= 4 is 17.1 Å². The predicted molar refractivity (Wildman–Crippen MR) is 108 cm³/mol. The van der Waals surface area contributed by atoms with Gasteiger partial charge in [0.25, 0.3) is 5.91 Å². The number of amides is 1. The minimum atomic E-state index is -4.79. The highest BCUT2D eigenvalue weighted by Gasteiger charge is 2.32. The van der Waals surface area contributed by atoms with Gasteiger partial charge in [-0.2, -0.15) is 0 Å². The molecule has 2 aliphatic rings. The van der Waals surface area contributed by atoms with Gasteiger partial charge in [-0.15, -0.1) is 13.2 Å². The van der Waals surface area contributed by atoms with Crippen molar-refractivity contribution in [2.75, 3.05) is 26.3 Å². The molecule has 0 spiro atoms. The van der Waals surface area contributed by atoms with Crippen LogP contribution in [0.4, 0.5) is 17.6 Å². The Labute approximate surface area is 185 Å². The molecule has 0 radical (unpaired) electrons. The van der Waals surface area contributed by atoms with Gasteiger partial charge in [-0.3, -0.25) is 4.79 Å². The molecule has 11 heteroatoms. The van der Waals surface area contributed by atoms with E-state index in [2.05, 4.69) is 19.7 Å². The van der Waals surface area contributed by atoms with Gasteiger partial charge in [0.05, 0.1) is 30.8 Å². The lowest BCUT2D eigenvalue weighted by Gasteiger charge is -2.32. The molecule has 3 aromatic rings. The van der Waals surface area contributed by atoms with Crippen molar-refractivity contribution in [3.8, 4) is 5.75 Å². The molecular formula is C22H20F4N4O3. The van der Waals surface area contributed by atoms with Crippen LogP contribution in [0, 0.1) is 5.82 Å². The van der Waals surface area contributed by atoms with E-state index in [9.17, 15) is 22.4 Å². The Kier molecular flexibility index (Phi) is 5.43. The van der Waals surface area contributed by atoms with E-state index in [0.717, 1.165) is 18.0 Å². The first kappa shape index (κ1) is 21.6. The summed E-state index contributed by atoms with van der Waals surface area (Å²) in [6.07, 6.45) is -2.53. The topological polar surface area (TPSA) is 80.3 Å². The largest absolute Gasteiger partial charge is 0.573 e. The molecule has 1 aromatic carbocycles. The van der Waals surface area contributed by atoms with E-state index in [-0.39, 0.29) is 29.1 Å². The van der Waals surface area contributed by atoms with E-state index in [4.69, 9.17) is 4.74 Å². The van der Waals surface area contributed by atoms with Crippen LogP contribution in [-0.2, 0) is 4.74 Å². The molecule has 2 aliphatic heterocycles. The molecule has 5 rings (SSSR count). The summed E-state index contributed by atoms with van der Waals surface area (Å²) in [7, 11) is 0. The van der Waals surface area contributed by atoms with E-state index < -0.39 is 12.2 Å². The number of H-pyrrole nitrogens is 1. The minimum absolute atomic E-state index is 0.118. The Bertz CT molecular complexity index is 1170. The predicted octanol–water partition coefficient (Wildman–Crippen LogP) is 4.13. The number of ether oxygens (including phenoxy) is 2. The van der Waals surface area contributed by atoms with Crippen molar-refractivity contribution in [3.63, 3.8) is 0 Å². The number of alkyl halides is 3. The summed E-state index contributed by atoms with van der Waals surface area (Å²) in [4.78, 5) is 26.2. The van der Waals surface area contributed by atoms with Crippen molar-refractivity contribution in [3.05, 3.63) is 53.2 Å². The molecule has 174 valence electrons. The number of piperidine rings is 1. The second-order valence-electron chi connectivity index (χ2n) is 8.21. The first-order valence-electron chi connectivity index (χ1n) is 10.6. The lowest BCUT2D eigenvalue weighted by molar-refractivity contribution is -0.274. The van der Waals surface area contributed by atoms with Crippen molar-refractivity contribution in [2.45, 2.75) is 31.0 Å². The number of hydrogen-bond acceptors (Lipinski definition) is 5. The Hall–Kier alpha value is -3.21. The van der Waals surface area contributed by atoms with E-state index in [1.165, 1.54) is 18.3 Å². The van der Waals surface area contributed by atoms with Gasteiger partial charge in [0.1, 0.15) is 17.4 Å². The van der Waals surface area contributed by atoms with Crippen LogP contribution in [0.15, 0.2) is 30.5 Å². The van der Waals surface area contributed by atoms with E-state index >= 15 is 0 Å². The smallest absolute Gasteiger partial charge is 0.406 e. The Balaban J connectivity index is 1.28. The summed E-state index contributed by atoms with van der Waals surface area (Å²) in [6, 6.07) is 4.83. The molecule has 0 bridgehead atoms. The van der Waals surface area contributed by atoms with E-state index in [1.54, 1.807) is 4.90 Å². The molecule has 1 N–H and O–H groups in total. The number of nitrogens with one attached hydrogen (secondary N) is 1. The third-order valence-electron chi connectivity index (χ3n) is 6.08. The van der Waals surface area contributed by atoms with E-state index in [1.807, 2.05) is 0 Å². The van der Waals surface area contributed by atoms with Crippen LogP contribution in [-0.4, -0.2) is 58.4 Å². The molecule has 4 heterocycles. The van der Waals surface area contributed by atoms with Gasteiger partial charge in [0.15, 0.2) is 5.65 Å².